The molecule has 4 nitrogen and oxygen atoms in total. The molecule has 416 valence electrons. The number of aromatic amines is 1. The zero-order chi connectivity index (χ0) is 58.7. The number of hydrogen-bond acceptors (Lipinski definition) is 0. The summed E-state index contributed by atoms with van der Waals surface area (Å²) in [6, 6.07) is 114. The molecule has 0 spiro atoms. The van der Waals surface area contributed by atoms with Crippen molar-refractivity contribution in [3.05, 3.63) is 320 Å². The Hall–Kier alpha value is -11.2. The van der Waals surface area contributed by atoms with Crippen molar-refractivity contribution in [2.45, 2.75) is 0 Å². The first kappa shape index (κ1) is 51.0. The molecular weight excluding hydrogens is 1140 g/mol. The Bertz CT molecular complexity index is 5960. The number of rotatable bonds is 5. The van der Waals surface area contributed by atoms with Crippen LogP contribution in [0.25, 0.3) is 170 Å². The molecule has 0 saturated carbocycles. The molecule has 0 saturated heterocycles. The normalized spacial score (nSPS) is 11.9. The van der Waals surface area contributed by atoms with Crippen molar-refractivity contribution in [2.24, 2.45) is 0 Å². The van der Waals surface area contributed by atoms with E-state index in [4.69, 9.17) is 0 Å². The molecule has 14 aromatic carbocycles. The minimum atomic E-state index is 1.10. The molecule has 0 bridgehead atoms. The minimum absolute atomic E-state index is 1.10. The van der Waals surface area contributed by atoms with E-state index in [2.05, 4.69) is 338 Å². The lowest BCUT2D eigenvalue weighted by Gasteiger charge is -2.14. The summed E-state index contributed by atoms with van der Waals surface area (Å²) in [5.41, 5.74) is 23.4. The summed E-state index contributed by atoms with van der Waals surface area (Å²) in [4.78, 5) is 3.63. The Kier molecular flexibility index (Phi) is 11.7. The van der Waals surface area contributed by atoms with E-state index in [0.717, 1.165) is 4.47 Å². The smallest absolute Gasteiger partial charge is 0.0641 e. The highest BCUT2D eigenvalue weighted by Crippen LogP contribution is 2.47. The molecule has 0 radical (unpaired) electrons. The Balaban J connectivity index is 0.000000111. The predicted molar refractivity (Wildman–Crippen MR) is 382 cm³/mol. The van der Waals surface area contributed by atoms with Crippen molar-refractivity contribution in [1.29, 1.82) is 0 Å². The molecule has 5 heteroatoms. The standard InChI is InChI=1S/C42H26N2.C24H14N2.C18H13Br/c1-3-12-27(13-4-1)29-24-30(28-14-5-2-6-15-28)26-31(25-29)43-38-21-11-18-34-32-16-7-9-19-36(32)44-37-20-10-8-17-33(37)35-22-23-39(43)41(40(34)38)42(35)44;1-3-10-20-14(6-1)16-8-5-9-18-22(16)23-19(25-18)13-12-17-15-7-2-4-11-21(15)26(20)24(17)23;19-18-12-16(14-7-3-1-4-8-14)11-17(13-18)15-9-5-2-6-10-15/h1-26H;1-13,25H;1-13H. The van der Waals surface area contributed by atoms with Crippen LogP contribution >= 0.6 is 15.9 Å². The SMILES string of the molecule is Brc1cc(-c2ccccc2)cc(-c2ccccc2)c1.c1cc2[nH]c3ccc4c5ccccc5n5c6ccccc6c(c1)c2c3c45.c1ccc(-c2cc(-c3ccccc3)cc(-n3c4cccc5c6ccccc6n6c7ccccc7c7ccc3c(c54)c76)c2)cc1. The maximum absolute atomic E-state index is 3.63. The summed E-state index contributed by atoms with van der Waals surface area (Å²) >= 11 is 3.61. The van der Waals surface area contributed by atoms with Gasteiger partial charge >= 0.3 is 0 Å². The fourth-order valence-corrected chi connectivity index (χ4v) is 15.1. The van der Waals surface area contributed by atoms with Crippen LogP contribution in [0.15, 0.2) is 320 Å². The molecule has 0 amide bonds. The molecule has 0 unspecified atom stereocenters. The zero-order valence-electron chi connectivity index (χ0n) is 48.2. The van der Waals surface area contributed by atoms with Crippen LogP contribution in [-0.2, 0) is 0 Å². The Morgan fingerprint density at radius 3 is 1.06 bits per heavy atom. The molecule has 89 heavy (non-hydrogen) atoms. The molecule has 0 atom stereocenters. The van der Waals surface area contributed by atoms with E-state index in [0.29, 0.717) is 0 Å². The topological polar surface area (TPSA) is 29.5 Å². The largest absolute Gasteiger partial charge is 0.354 e. The molecule has 20 aromatic rings. The number of nitrogens with one attached hydrogen (secondary N) is 1. The Morgan fingerprint density at radius 2 is 0.573 bits per heavy atom. The second kappa shape index (κ2) is 20.5. The van der Waals surface area contributed by atoms with E-state index in [1.54, 1.807) is 0 Å². The highest BCUT2D eigenvalue weighted by Gasteiger charge is 2.24. The zero-order valence-corrected chi connectivity index (χ0v) is 49.8. The lowest BCUT2D eigenvalue weighted by atomic mass is 9.98. The number of fused-ring (bicyclic) bond motifs is 12. The van der Waals surface area contributed by atoms with Crippen LogP contribution in [-0.4, -0.2) is 18.4 Å². The third-order valence-corrected chi connectivity index (χ3v) is 18.8. The van der Waals surface area contributed by atoms with Crippen LogP contribution in [0.3, 0.4) is 0 Å². The Labute approximate surface area is 520 Å². The van der Waals surface area contributed by atoms with Crippen molar-refractivity contribution in [3.8, 4) is 50.2 Å². The summed E-state index contributed by atoms with van der Waals surface area (Å²) in [6.45, 7) is 0. The van der Waals surface area contributed by atoms with Crippen LogP contribution in [0.4, 0.5) is 0 Å². The number of benzene rings is 14. The van der Waals surface area contributed by atoms with Gasteiger partial charge in [0.15, 0.2) is 0 Å². The number of aromatic nitrogens is 4. The first-order chi connectivity index (χ1) is 44.1. The third kappa shape index (κ3) is 8.06. The highest BCUT2D eigenvalue weighted by molar-refractivity contribution is 9.10. The lowest BCUT2D eigenvalue weighted by Crippen LogP contribution is -1.96. The molecule has 20 rings (SSSR count). The maximum atomic E-state index is 3.63. The van der Waals surface area contributed by atoms with Gasteiger partial charge in [0.25, 0.3) is 0 Å². The first-order valence-corrected chi connectivity index (χ1v) is 31.2. The molecule has 6 heterocycles. The number of H-pyrrole nitrogens is 1. The number of nitrogens with zero attached hydrogens (tertiary/aromatic N) is 3. The summed E-state index contributed by atoms with van der Waals surface area (Å²) in [7, 11) is 0. The maximum Gasteiger partial charge on any atom is 0.0641 e. The van der Waals surface area contributed by atoms with Crippen LogP contribution in [0.2, 0.25) is 0 Å². The molecule has 0 aliphatic carbocycles. The Morgan fingerprint density at radius 1 is 0.225 bits per heavy atom. The van der Waals surface area contributed by atoms with Gasteiger partial charge in [0.1, 0.15) is 0 Å². The van der Waals surface area contributed by atoms with Crippen molar-refractivity contribution in [1.82, 2.24) is 18.4 Å². The van der Waals surface area contributed by atoms with Crippen LogP contribution in [0.5, 0.6) is 0 Å². The highest BCUT2D eigenvalue weighted by atomic mass is 79.9. The summed E-state index contributed by atoms with van der Waals surface area (Å²) < 4.78 is 8.55. The summed E-state index contributed by atoms with van der Waals surface area (Å²) in [6.07, 6.45) is 0. The van der Waals surface area contributed by atoms with Gasteiger partial charge in [-0.3, -0.25) is 0 Å². The molecule has 6 aromatic heterocycles. The van der Waals surface area contributed by atoms with Gasteiger partial charge < -0.3 is 18.4 Å². The monoisotopic (exact) mass is 1200 g/mol. The van der Waals surface area contributed by atoms with Gasteiger partial charge in [0.2, 0.25) is 0 Å². The number of halogens is 1. The van der Waals surface area contributed by atoms with Crippen LogP contribution in [0.1, 0.15) is 0 Å². The van der Waals surface area contributed by atoms with Gasteiger partial charge in [0, 0.05) is 75.1 Å². The van der Waals surface area contributed by atoms with Crippen molar-refractivity contribution < 1.29 is 0 Å². The summed E-state index contributed by atoms with van der Waals surface area (Å²) in [5.74, 6) is 0. The van der Waals surface area contributed by atoms with E-state index < -0.39 is 0 Å². The molecule has 0 fully saturated rings. The van der Waals surface area contributed by atoms with Crippen molar-refractivity contribution in [3.63, 3.8) is 0 Å². The molecular formula is C84H53BrN4. The first-order valence-electron chi connectivity index (χ1n) is 30.4. The van der Waals surface area contributed by atoms with Gasteiger partial charge in [-0.1, -0.05) is 246 Å². The van der Waals surface area contributed by atoms with Gasteiger partial charge in [-0.25, -0.2) is 0 Å². The van der Waals surface area contributed by atoms with E-state index in [1.807, 2.05) is 12.1 Å². The lowest BCUT2D eigenvalue weighted by molar-refractivity contribution is 1.18. The molecule has 0 aliphatic heterocycles. The average Bonchev–Trinajstić information content (AvgIpc) is 1.55. The van der Waals surface area contributed by atoms with E-state index >= 15 is 0 Å². The molecule has 0 aliphatic rings. The van der Waals surface area contributed by atoms with Gasteiger partial charge in [-0.2, -0.15) is 0 Å². The second-order valence-corrected chi connectivity index (χ2v) is 24.2. The average molecular weight is 1200 g/mol. The van der Waals surface area contributed by atoms with Gasteiger partial charge in [0.05, 0.1) is 44.1 Å². The number of para-hydroxylation sites is 4. The van der Waals surface area contributed by atoms with Gasteiger partial charge in [-0.05, 0) is 140 Å². The predicted octanol–water partition coefficient (Wildman–Crippen LogP) is 23.5. The molecule has 1 N–H and O–H groups in total. The fraction of sp³-hybridized carbons (Fsp3) is 0. The fourth-order valence-electron chi connectivity index (χ4n) is 14.6. The second-order valence-electron chi connectivity index (χ2n) is 23.3. The van der Waals surface area contributed by atoms with Crippen LogP contribution < -0.4 is 0 Å². The van der Waals surface area contributed by atoms with Crippen LogP contribution in [0, 0.1) is 0 Å². The van der Waals surface area contributed by atoms with Gasteiger partial charge in [-0.15, -0.1) is 0 Å². The summed E-state index contributed by atoms with van der Waals surface area (Å²) in [5, 5.41) is 15.7. The quantitative estimate of drug-likeness (QED) is 0.178. The van der Waals surface area contributed by atoms with Crippen molar-refractivity contribution in [2.75, 3.05) is 0 Å². The third-order valence-electron chi connectivity index (χ3n) is 18.4. The van der Waals surface area contributed by atoms with E-state index in [-0.39, 0.29) is 0 Å². The van der Waals surface area contributed by atoms with E-state index in [9.17, 15) is 0 Å². The number of hydrogen-bond donors (Lipinski definition) is 1. The van der Waals surface area contributed by atoms with E-state index in [1.165, 1.54) is 170 Å². The van der Waals surface area contributed by atoms with Crippen molar-refractivity contribution >= 4 is 136 Å². The minimum Gasteiger partial charge on any atom is -0.354 e.